The first-order valence-corrected chi connectivity index (χ1v) is 12.2. The normalized spacial score (nSPS) is 11.4. The summed E-state index contributed by atoms with van der Waals surface area (Å²) in [4.78, 5) is 28.9. The van der Waals surface area contributed by atoms with E-state index in [0.29, 0.717) is 66.1 Å². The van der Waals surface area contributed by atoms with Crippen molar-refractivity contribution in [2.45, 2.75) is 60.3 Å². The van der Waals surface area contributed by atoms with Gasteiger partial charge in [-0.2, -0.15) is 0 Å². The van der Waals surface area contributed by atoms with Gasteiger partial charge < -0.3 is 20.7 Å². The molecule has 0 aliphatic carbocycles. The molecule has 0 aliphatic heterocycles. The molecule has 2 aromatic heterocycles. The van der Waals surface area contributed by atoms with Crippen LogP contribution >= 0.6 is 0 Å². The molecule has 3 N–H and O–H groups in total. The van der Waals surface area contributed by atoms with Crippen LogP contribution in [0.25, 0.3) is 16.7 Å². The van der Waals surface area contributed by atoms with Crippen molar-refractivity contribution >= 4 is 40.0 Å². The number of benzene rings is 1. The number of nitrogens with zero attached hydrogens (tertiary/aromatic N) is 4. The SMILES string of the molecule is COc1cc2nc(NCCCCNC(=O)CC(C)C)c3nnc(C)n3c2cc1NC(=O)CC(C)C. The van der Waals surface area contributed by atoms with Gasteiger partial charge in [0.1, 0.15) is 11.6 Å². The molecule has 2 heterocycles. The van der Waals surface area contributed by atoms with Gasteiger partial charge in [-0.3, -0.25) is 14.0 Å². The summed E-state index contributed by atoms with van der Waals surface area (Å²) in [5, 5.41) is 17.8. The molecule has 0 aliphatic rings. The number of unbranched alkanes of at least 4 members (excludes halogenated alkanes) is 1. The molecule has 0 bridgehead atoms. The lowest BCUT2D eigenvalue weighted by atomic mass is 10.1. The molecular formula is C25H37N7O3. The van der Waals surface area contributed by atoms with E-state index in [1.54, 1.807) is 7.11 Å². The Hall–Kier alpha value is -3.43. The summed E-state index contributed by atoms with van der Waals surface area (Å²) in [5.74, 6) is 2.51. The van der Waals surface area contributed by atoms with Gasteiger partial charge in [-0.05, 0) is 37.7 Å². The second kappa shape index (κ2) is 11.8. The van der Waals surface area contributed by atoms with Crippen LogP contribution in [0.5, 0.6) is 5.75 Å². The van der Waals surface area contributed by atoms with Crippen LogP contribution in [-0.4, -0.2) is 51.6 Å². The number of hydrogen-bond donors (Lipinski definition) is 3. The first-order chi connectivity index (χ1) is 16.7. The Morgan fingerprint density at radius 2 is 1.69 bits per heavy atom. The fourth-order valence-electron chi connectivity index (χ4n) is 3.89. The van der Waals surface area contributed by atoms with E-state index in [4.69, 9.17) is 9.72 Å². The zero-order valence-corrected chi connectivity index (χ0v) is 21.6. The minimum atomic E-state index is -0.0685. The summed E-state index contributed by atoms with van der Waals surface area (Å²) in [7, 11) is 1.57. The van der Waals surface area contributed by atoms with Gasteiger partial charge in [-0.1, -0.05) is 27.7 Å². The van der Waals surface area contributed by atoms with Crippen LogP contribution in [0, 0.1) is 18.8 Å². The zero-order chi connectivity index (χ0) is 25.5. The molecule has 0 unspecified atom stereocenters. The van der Waals surface area contributed by atoms with Gasteiger partial charge in [-0.15, -0.1) is 10.2 Å². The van der Waals surface area contributed by atoms with Crippen LogP contribution in [-0.2, 0) is 9.59 Å². The third-order valence-corrected chi connectivity index (χ3v) is 5.49. The van der Waals surface area contributed by atoms with Gasteiger partial charge >= 0.3 is 0 Å². The Morgan fingerprint density at radius 3 is 2.37 bits per heavy atom. The summed E-state index contributed by atoms with van der Waals surface area (Å²) in [5.41, 5.74) is 2.68. The lowest BCUT2D eigenvalue weighted by molar-refractivity contribution is -0.121. The van der Waals surface area contributed by atoms with E-state index in [-0.39, 0.29) is 17.7 Å². The molecule has 10 heteroatoms. The highest BCUT2D eigenvalue weighted by Gasteiger charge is 2.17. The standard InChI is InChI=1S/C25H37N7O3/c1-15(2)11-22(33)26-9-7-8-10-27-24-25-31-30-17(5)32(25)20-13-19(28-23(34)12-16(3)4)21(35-6)14-18(20)29-24/h13-16H,7-12H2,1-6H3,(H,26,33)(H,27,29)(H,28,34). The fourth-order valence-corrected chi connectivity index (χ4v) is 3.89. The summed E-state index contributed by atoms with van der Waals surface area (Å²) in [6, 6.07) is 3.67. The Balaban J connectivity index is 1.77. The third-order valence-electron chi connectivity index (χ3n) is 5.49. The molecule has 0 saturated carbocycles. The van der Waals surface area contributed by atoms with E-state index in [1.165, 1.54) is 0 Å². The predicted molar refractivity (Wildman–Crippen MR) is 138 cm³/mol. The highest BCUT2D eigenvalue weighted by atomic mass is 16.5. The maximum absolute atomic E-state index is 12.4. The zero-order valence-electron chi connectivity index (χ0n) is 21.6. The molecule has 2 amide bonds. The van der Waals surface area contributed by atoms with Gasteiger partial charge in [0.2, 0.25) is 17.5 Å². The molecule has 0 radical (unpaired) electrons. The van der Waals surface area contributed by atoms with Gasteiger partial charge in [0.05, 0.1) is 23.8 Å². The number of rotatable bonds is 12. The highest BCUT2D eigenvalue weighted by Crippen LogP contribution is 2.32. The number of aromatic nitrogens is 4. The Labute approximate surface area is 206 Å². The minimum Gasteiger partial charge on any atom is -0.494 e. The number of nitrogens with one attached hydrogen (secondary N) is 3. The quantitative estimate of drug-likeness (QED) is 0.334. The van der Waals surface area contributed by atoms with Gasteiger partial charge in [0.15, 0.2) is 5.82 Å². The number of carbonyl (C=O) groups is 2. The van der Waals surface area contributed by atoms with E-state index >= 15 is 0 Å². The van der Waals surface area contributed by atoms with Gasteiger partial charge in [0, 0.05) is 32.0 Å². The molecule has 3 aromatic rings. The molecule has 190 valence electrons. The van der Waals surface area contributed by atoms with Crippen LogP contribution in [0.15, 0.2) is 12.1 Å². The Morgan fingerprint density at radius 1 is 1.00 bits per heavy atom. The molecule has 3 rings (SSSR count). The molecule has 1 aromatic carbocycles. The van der Waals surface area contributed by atoms with Crippen LogP contribution in [0.1, 0.15) is 59.2 Å². The van der Waals surface area contributed by atoms with Crippen molar-refractivity contribution in [1.29, 1.82) is 0 Å². The third kappa shape index (κ3) is 6.80. The fraction of sp³-hybridized carbons (Fsp3) is 0.560. The van der Waals surface area contributed by atoms with Crippen molar-refractivity contribution in [2.75, 3.05) is 30.8 Å². The maximum Gasteiger partial charge on any atom is 0.224 e. The Bertz CT molecular complexity index is 1190. The molecule has 0 saturated heterocycles. The molecule has 0 spiro atoms. The van der Waals surface area contributed by atoms with Gasteiger partial charge in [-0.25, -0.2) is 4.98 Å². The molecule has 0 fully saturated rings. The van der Waals surface area contributed by atoms with Crippen molar-refractivity contribution in [3.63, 3.8) is 0 Å². The number of fused-ring (bicyclic) bond motifs is 3. The van der Waals surface area contributed by atoms with Crippen molar-refractivity contribution in [3.8, 4) is 5.75 Å². The first kappa shape index (κ1) is 26.2. The smallest absolute Gasteiger partial charge is 0.224 e. The summed E-state index contributed by atoms with van der Waals surface area (Å²) in [6.45, 7) is 11.3. The van der Waals surface area contributed by atoms with Crippen LogP contribution in [0.4, 0.5) is 11.5 Å². The van der Waals surface area contributed by atoms with E-state index < -0.39 is 0 Å². The number of methoxy groups -OCH3 is 1. The summed E-state index contributed by atoms with van der Waals surface area (Å²) < 4.78 is 7.47. The summed E-state index contributed by atoms with van der Waals surface area (Å²) in [6.07, 6.45) is 2.70. The number of anilines is 2. The average Bonchev–Trinajstić information content (AvgIpc) is 3.16. The molecule has 0 atom stereocenters. The van der Waals surface area contributed by atoms with Crippen LogP contribution in [0.3, 0.4) is 0 Å². The topological polar surface area (TPSA) is 123 Å². The lowest BCUT2D eigenvalue weighted by Crippen LogP contribution is -2.25. The van der Waals surface area contributed by atoms with E-state index in [1.807, 2.05) is 51.2 Å². The van der Waals surface area contributed by atoms with Crippen molar-refractivity contribution < 1.29 is 14.3 Å². The number of hydrogen-bond acceptors (Lipinski definition) is 7. The van der Waals surface area contributed by atoms with Crippen LogP contribution < -0.4 is 20.7 Å². The van der Waals surface area contributed by atoms with Crippen LogP contribution in [0.2, 0.25) is 0 Å². The maximum atomic E-state index is 12.4. The lowest BCUT2D eigenvalue weighted by Gasteiger charge is -2.15. The summed E-state index contributed by atoms with van der Waals surface area (Å²) >= 11 is 0. The highest BCUT2D eigenvalue weighted by molar-refractivity contribution is 5.96. The first-order valence-electron chi connectivity index (χ1n) is 12.2. The minimum absolute atomic E-state index is 0.0685. The van der Waals surface area contributed by atoms with Crippen molar-refractivity contribution in [3.05, 3.63) is 18.0 Å². The van der Waals surface area contributed by atoms with E-state index in [2.05, 4.69) is 26.1 Å². The molecular weight excluding hydrogens is 446 g/mol. The number of carbonyl (C=O) groups excluding carboxylic acids is 2. The van der Waals surface area contributed by atoms with E-state index in [9.17, 15) is 9.59 Å². The second-order valence-electron chi connectivity index (χ2n) is 9.64. The Kier molecular flexibility index (Phi) is 8.84. The van der Waals surface area contributed by atoms with E-state index in [0.717, 1.165) is 18.4 Å². The second-order valence-corrected chi connectivity index (χ2v) is 9.64. The average molecular weight is 484 g/mol. The number of aryl methyl sites for hydroxylation is 1. The van der Waals surface area contributed by atoms with Gasteiger partial charge in [0.25, 0.3) is 0 Å². The monoisotopic (exact) mass is 483 g/mol. The predicted octanol–water partition coefficient (Wildman–Crippen LogP) is 3.93. The number of amides is 2. The van der Waals surface area contributed by atoms with Crippen molar-refractivity contribution in [2.24, 2.45) is 11.8 Å². The van der Waals surface area contributed by atoms with Crippen molar-refractivity contribution in [1.82, 2.24) is 24.9 Å². The molecule has 35 heavy (non-hydrogen) atoms. The largest absolute Gasteiger partial charge is 0.494 e. The number of ether oxygens (including phenoxy) is 1. The molecule has 10 nitrogen and oxygen atoms in total.